The molecule has 0 radical (unpaired) electrons. The van der Waals surface area contributed by atoms with Crippen LogP contribution in [-0.4, -0.2) is 32.8 Å². The lowest BCUT2D eigenvalue weighted by Crippen LogP contribution is -2.05. The van der Waals surface area contributed by atoms with Gasteiger partial charge in [0.15, 0.2) is 5.58 Å². The lowest BCUT2D eigenvalue weighted by atomic mass is 10.3. The van der Waals surface area contributed by atoms with Crippen molar-refractivity contribution in [2.75, 3.05) is 7.11 Å². The smallest absolute Gasteiger partial charge is 0.377 e. The normalized spacial score (nSPS) is 10.7. The van der Waals surface area contributed by atoms with Crippen molar-refractivity contribution in [1.82, 2.24) is 19.7 Å². The van der Waals surface area contributed by atoms with Gasteiger partial charge in [-0.1, -0.05) is 12.1 Å². The lowest BCUT2D eigenvalue weighted by Gasteiger charge is -1.91. The van der Waals surface area contributed by atoms with Crippen LogP contribution in [0.4, 0.5) is 0 Å². The third-order valence-electron chi connectivity index (χ3n) is 2.34. The lowest BCUT2D eigenvalue weighted by molar-refractivity contribution is 0.0587. The van der Waals surface area contributed by atoms with Crippen molar-refractivity contribution in [3.8, 4) is 6.01 Å². The molecular formula is C11H8N4O3. The van der Waals surface area contributed by atoms with E-state index in [0.29, 0.717) is 11.1 Å². The maximum atomic E-state index is 11.2. The molecule has 0 saturated carbocycles. The number of nitrogens with zero attached hydrogens (tertiary/aromatic N) is 4. The van der Waals surface area contributed by atoms with Crippen LogP contribution >= 0.6 is 0 Å². The second kappa shape index (κ2) is 3.95. The van der Waals surface area contributed by atoms with Crippen LogP contribution in [0, 0.1) is 0 Å². The molecule has 0 aliphatic rings. The van der Waals surface area contributed by atoms with Crippen LogP contribution in [0.2, 0.25) is 0 Å². The first-order chi connectivity index (χ1) is 8.78. The number of methoxy groups -OCH3 is 1. The molecule has 90 valence electrons. The molecule has 7 nitrogen and oxygen atoms in total. The SMILES string of the molecule is COC(=O)c1ncn(-c2nc3ccccc3o2)n1. The molecule has 2 heterocycles. The Morgan fingerprint density at radius 3 is 3.00 bits per heavy atom. The second-order valence-electron chi connectivity index (χ2n) is 3.47. The van der Waals surface area contributed by atoms with Crippen molar-refractivity contribution in [3.05, 3.63) is 36.4 Å². The minimum atomic E-state index is -0.607. The number of oxazole rings is 1. The zero-order valence-corrected chi connectivity index (χ0v) is 9.40. The highest BCUT2D eigenvalue weighted by Gasteiger charge is 2.14. The quantitative estimate of drug-likeness (QED) is 0.630. The van der Waals surface area contributed by atoms with E-state index in [4.69, 9.17) is 4.42 Å². The summed E-state index contributed by atoms with van der Waals surface area (Å²) in [4.78, 5) is 19.3. The fourth-order valence-electron chi connectivity index (χ4n) is 1.50. The van der Waals surface area contributed by atoms with Gasteiger partial charge in [-0.2, -0.15) is 9.67 Å². The number of hydrogen-bond acceptors (Lipinski definition) is 6. The zero-order chi connectivity index (χ0) is 12.5. The predicted molar refractivity (Wildman–Crippen MR) is 60.3 cm³/mol. The molecule has 0 fully saturated rings. The van der Waals surface area contributed by atoms with Crippen molar-refractivity contribution in [1.29, 1.82) is 0 Å². The highest BCUT2D eigenvalue weighted by atomic mass is 16.5. The first-order valence-corrected chi connectivity index (χ1v) is 5.14. The summed E-state index contributed by atoms with van der Waals surface area (Å²) >= 11 is 0. The van der Waals surface area contributed by atoms with E-state index in [2.05, 4.69) is 19.8 Å². The Balaban J connectivity index is 2.03. The molecule has 0 aliphatic carbocycles. The third-order valence-corrected chi connectivity index (χ3v) is 2.34. The van der Waals surface area contributed by atoms with Gasteiger partial charge >= 0.3 is 12.0 Å². The molecule has 0 spiro atoms. The first kappa shape index (κ1) is 10.5. The van der Waals surface area contributed by atoms with Crippen molar-refractivity contribution in [2.24, 2.45) is 0 Å². The number of fused-ring (bicyclic) bond motifs is 1. The van der Waals surface area contributed by atoms with Crippen LogP contribution < -0.4 is 0 Å². The Morgan fingerprint density at radius 1 is 1.39 bits per heavy atom. The number of hydrogen-bond donors (Lipinski definition) is 0. The molecule has 0 saturated heterocycles. The minimum absolute atomic E-state index is 0.0419. The predicted octanol–water partition coefficient (Wildman–Crippen LogP) is 1.20. The van der Waals surface area contributed by atoms with Crippen LogP contribution in [0.15, 0.2) is 35.0 Å². The summed E-state index contributed by atoms with van der Waals surface area (Å²) in [5, 5.41) is 3.92. The van der Waals surface area contributed by atoms with Gasteiger partial charge in [-0.05, 0) is 12.1 Å². The molecular weight excluding hydrogens is 236 g/mol. The summed E-state index contributed by atoms with van der Waals surface area (Å²) in [5.74, 6) is -0.649. The monoisotopic (exact) mass is 244 g/mol. The van der Waals surface area contributed by atoms with Gasteiger partial charge in [0, 0.05) is 0 Å². The summed E-state index contributed by atoms with van der Waals surface area (Å²) in [6.45, 7) is 0. The molecule has 1 aromatic carbocycles. The average Bonchev–Trinajstić information content (AvgIpc) is 3.03. The highest BCUT2D eigenvalue weighted by Crippen LogP contribution is 2.16. The molecule has 18 heavy (non-hydrogen) atoms. The maximum Gasteiger partial charge on any atom is 0.377 e. The summed E-state index contributed by atoms with van der Waals surface area (Å²) < 4.78 is 11.3. The van der Waals surface area contributed by atoms with E-state index in [1.165, 1.54) is 18.1 Å². The number of rotatable bonds is 2. The minimum Gasteiger partial charge on any atom is -0.463 e. The van der Waals surface area contributed by atoms with Crippen LogP contribution in [0.3, 0.4) is 0 Å². The molecule has 0 atom stereocenters. The van der Waals surface area contributed by atoms with Gasteiger partial charge in [0.2, 0.25) is 0 Å². The molecule has 2 aromatic heterocycles. The average molecular weight is 244 g/mol. The van der Waals surface area contributed by atoms with E-state index in [1.54, 1.807) is 6.07 Å². The molecule has 7 heteroatoms. The molecule has 0 amide bonds. The van der Waals surface area contributed by atoms with Gasteiger partial charge < -0.3 is 9.15 Å². The molecule has 0 N–H and O–H groups in total. The summed E-state index contributed by atoms with van der Waals surface area (Å²) in [7, 11) is 1.27. The van der Waals surface area contributed by atoms with Gasteiger partial charge in [-0.15, -0.1) is 5.10 Å². The molecule has 0 unspecified atom stereocenters. The van der Waals surface area contributed by atoms with Gasteiger partial charge in [0.25, 0.3) is 5.82 Å². The molecule has 0 aliphatic heterocycles. The highest BCUT2D eigenvalue weighted by molar-refractivity contribution is 5.84. The summed E-state index contributed by atoms with van der Waals surface area (Å²) in [6, 6.07) is 7.57. The summed E-state index contributed by atoms with van der Waals surface area (Å²) in [5.41, 5.74) is 1.35. The van der Waals surface area contributed by atoms with E-state index in [9.17, 15) is 4.79 Å². The van der Waals surface area contributed by atoms with Gasteiger partial charge in [0.05, 0.1) is 7.11 Å². The third kappa shape index (κ3) is 1.61. The first-order valence-electron chi connectivity index (χ1n) is 5.14. The zero-order valence-electron chi connectivity index (χ0n) is 9.40. The van der Waals surface area contributed by atoms with Crippen LogP contribution in [0.1, 0.15) is 10.6 Å². The number of carbonyl (C=O) groups excluding carboxylic acids is 1. The second-order valence-corrected chi connectivity index (χ2v) is 3.47. The van der Waals surface area contributed by atoms with E-state index in [-0.39, 0.29) is 11.8 Å². The van der Waals surface area contributed by atoms with Crippen molar-refractivity contribution in [3.63, 3.8) is 0 Å². The number of carbonyl (C=O) groups is 1. The molecule has 3 aromatic rings. The van der Waals surface area contributed by atoms with Gasteiger partial charge in [-0.3, -0.25) is 0 Å². The van der Waals surface area contributed by atoms with E-state index >= 15 is 0 Å². The Hall–Kier alpha value is -2.70. The fraction of sp³-hybridized carbons (Fsp3) is 0.0909. The van der Waals surface area contributed by atoms with E-state index in [0.717, 1.165) is 0 Å². The van der Waals surface area contributed by atoms with Gasteiger partial charge in [0.1, 0.15) is 11.8 Å². The Labute approximate surface area is 101 Å². The number of para-hydroxylation sites is 2. The van der Waals surface area contributed by atoms with Crippen molar-refractivity contribution in [2.45, 2.75) is 0 Å². The van der Waals surface area contributed by atoms with Crippen LogP contribution in [0.5, 0.6) is 0 Å². The standard InChI is InChI=1S/C11H8N4O3/c1-17-10(16)9-12-6-15(14-9)11-13-7-4-2-3-5-8(7)18-11/h2-6H,1H3. The molecule has 3 rings (SSSR count). The largest absolute Gasteiger partial charge is 0.463 e. The van der Waals surface area contributed by atoms with Crippen molar-refractivity contribution < 1.29 is 13.9 Å². The number of aromatic nitrogens is 4. The Morgan fingerprint density at radius 2 is 2.22 bits per heavy atom. The van der Waals surface area contributed by atoms with Crippen molar-refractivity contribution >= 4 is 17.1 Å². The molecule has 0 bridgehead atoms. The fourth-order valence-corrected chi connectivity index (χ4v) is 1.50. The van der Waals surface area contributed by atoms with E-state index in [1.807, 2.05) is 18.2 Å². The van der Waals surface area contributed by atoms with E-state index < -0.39 is 5.97 Å². The number of ether oxygens (including phenoxy) is 1. The Bertz CT molecular complexity index is 683. The Kier molecular flexibility index (Phi) is 2.30. The topological polar surface area (TPSA) is 83.0 Å². The van der Waals surface area contributed by atoms with Gasteiger partial charge in [-0.25, -0.2) is 9.78 Å². The number of benzene rings is 1. The van der Waals surface area contributed by atoms with Crippen LogP contribution in [0.25, 0.3) is 17.1 Å². The number of esters is 1. The summed E-state index contributed by atoms with van der Waals surface area (Å²) in [6.07, 6.45) is 1.34. The maximum absolute atomic E-state index is 11.2. The van der Waals surface area contributed by atoms with Crippen LogP contribution in [-0.2, 0) is 4.74 Å².